The lowest BCUT2D eigenvalue weighted by Gasteiger charge is -2.25. The predicted octanol–water partition coefficient (Wildman–Crippen LogP) is 1.24. The lowest BCUT2D eigenvalue weighted by Crippen LogP contribution is -2.38. The van der Waals surface area contributed by atoms with Crippen LogP contribution in [0.15, 0.2) is 48.8 Å². The minimum Gasteiger partial charge on any atom is -0.378 e. The third-order valence-corrected chi connectivity index (χ3v) is 4.46. The van der Waals surface area contributed by atoms with E-state index in [1.807, 2.05) is 25.2 Å². The summed E-state index contributed by atoms with van der Waals surface area (Å²) in [5, 5.41) is 10.3. The molecule has 6 nitrogen and oxygen atoms in total. The molecule has 126 valence electrons. The first-order valence-corrected chi connectivity index (χ1v) is 8.13. The normalized spacial score (nSPS) is 18.8. The van der Waals surface area contributed by atoms with Gasteiger partial charge in [0.25, 0.3) is 5.91 Å². The molecule has 1 fully saturated rings. The molecule has 3 rings (SSSR count). The van der Waals surface area contributed by atoms with Crippen LogP contribution in [-0.4, -0.2) is 57.0 Å². The second-order valence-electron chi connectivity index (χ2n) is 6.12. The molecule has 24 heavy (non-hydrogen) atoms. The molecule has 2 heterocycles. The van der Waals surface area contributed by atoms with Crippen LogP contribution >= 0.6 is 0 Å². The van der Waals surface area contributed by atoms with E-state index >= 15 is 0 Å². The number of likely N-dealkylation sites (N-methyl/N-ethyl adjacent to an activating group) is 1. The van der Waals surface area contributed by atoms with E-state index in [1.165, 1.54) is 0 Å². The highest BCUT2D eigenvalue weighted by Gasteiger charge is 2.32. The summed E-state index contributed by atoms with van der Waals surface area (Å²) in [4.78, 5) is 24.9. The third-order valence-electron chi connectivity index (χ3n) is 4.46. The highest BCUT2D eigenvalue weighted by Crippen LogP contribution is 2.21. The zero-order chi connectivity index (χ0) is 16.9. The minimum absolute atomic E-state index is 0.229. The first-order valence-electron chi connectivity index (χ1n) is 8.13. The Hall–Kier alpha value is -2.31. The summed E-state index contributed by atoms with van der Waals surface area (Å²) >= 11 is 0. The molecule has 6 heteroatoms. The van der Waals surface area contributed by atoms with Gasteiger partial charge in [0.05, 0.1) is 6.54 Å². The maximum atomic E-state index is 12.5. The van der Waals surface area contributed by atoms with Gasteiger partial charge in [-0.15, -0.1) is 0 Å². The summed E-state index contributed by atoms with van der Waals surface area (Å²) in [5.74, 6) is 0.544. The van der Waals surface area contributed by atoms with E-state index in [4.69, 9.17) is 0 Å². The molecule has 0 spiro atoms. The molecular weight excluding hydrogens is 304 g/mol. The van der Waals surface area contributed by atoms with Crippen molar-refractivity contribution in [2.75, 3.05) is 20.1 Å². The Labute approximate surface area is 141 Å². The molecule has 1 aromatic carbocycles. The predicted molar refractivity (Wildman–Crippen MR) is 89.9 cm³/mol. The fourth-order valence-electron chi connectivity index (χ4n) is 3.02. The summed E-state index contributed by atoms with van der Waals surface area (Å²) in [6.07, 6.45) is 3.26. The summed E-state index contributed by atoms with van der Waals surface area (Å²) < 4.78 is 0. The Balaban J connectivity index is 1.57. The smallest absolute Gasteiger partial charge is 0.256 e. The van der Waals surface area contributed by atoms with Gasteiger partial charge in [-0.1, -0.05) is 30.3 Å². The molecule has 0 bridgehead atoms. The zero-order valence-electron chi connectivity index (χ0n) is 13.7. The number of benzene rings is 1. The molecular formula is C18H22N4O2. The third kappa shape index (κ3) is 3.77. The number of hydrogen-bond donors (Lipinski definition) is 1. The number of aliphatic hydroxyl groups excluding tert-OH is 1. The van der Waals surface area contributed by atoms with Gasteiger partial charge in [0.1, 0.15) is 5.82 Å². The van der Waals surface area contributed by atoms with Crippen molar-refractivity contribution >= 4 is 5.91 Å². The molecule has 1 aliphatic heterocycles. The Morgan fingerprint density at radius 1 is 1.29 bits per heavy atom. The van der Waals surface area contributed by atoms with E-state index in [-0.39, 0.29) is 11.9 Å². The standard InChI is InChI=1S/C18H22N4O2/c1-21(13-16-19-9-5-10-20-16)15-8-11-22(12-15)18(24)17(23)14-6-3-2-4-7-14/h2-7,9-10,15,17,23H,8,11-13H2,1H3/t15?,17-/m0/s1. The van der Waals surface area contributed by atoms with Gasteiger partial charge in [0, 0.05) is 31.5 Å². The first kappa shape index (κ1) is 16.5. The first-order chi connectivity index (χ1) is 11.6. The summed E-state index contributed by atoms with van der Waals surface area (Å²) in [6.45, 7) is 1.92. The van der Waals surface area contributed by atoms with E-state index in [2.05, 4.69) is 14.9 Å². The van der Waals surface area contributed by atoms with Crippen LogP contribution in [0.5, 0.6) is 0 Å². The number of nitrogens with zero attached hydrogens (tertiary/aromatic N) is 4. The van der Waals surface area contributed by atoms with Crippen LogP contribution in [0.4, 0.5) is 0 Å². The molecule has 2 atom stereocenters. The van der Waals surface area contributed by atoms with Crippen molar-refractivity contribution in [3.8, 4) is 0 Å². The molecule has 1 N–H and O–H groups in total. The van der Waals surface area contributed by atoms with Gasteiger partial charge in [0.2, 0.25) is 0 Å². The van der Waals surface area contributed by atoms with Gasteiger partial charge in [-0.25, -0.2) is 9.97 Å². The van der Waals surface area contributed by atoms with Crippen LogP contribution in [0, 0.1) is 0 Å². The number of rotatable bonds is 5. The fourth-order valence-corrected chi connectivity index (χ4v) is 3.02. The van der Waals surface area contributed by atoms with Gasteiger partial charge in [-0.3, -0.25) is 9.69 Å². The topological polar surface area (TPSA) is 69.6 Å². The van der Waals surface area contributed by atoms with Gasteiger partial charge in [0.15, 0.2) is 6.10 Å². The van der Waals surface area contributed by atoms with Crippen molar-refractivity contribution < 1.29 is 9.90 Å². The lowest BCUT2D eigenvalue weighted by atomic mass is 10.1. The van der Waals surface area contributed by atoms with Crippen LogP contribution in [0.25, 0.3) is 0 Å². The van der Waals surface area contributed by atoms with Crippen molar-refractivity contribution in [2.45, 2.75) is 25.1 Å². The fraction of sp³-hybridized carbons (Fsp3) is 0.389. The Bertz CT molecular complexity index is 665. The number of likely N-dealkylation sites (tertiary alicyclic amines) is 1. The zero-order valence-corrected chi connectivity index (χ0v) is 13.7. The molecule has 0 aliphatic carbocycles. The highest BCUT2D eigenvalue weighted by molar-refractivity contribution is 5.82. The second-order valence-corrected chi connectivity index (χ2v) is 6.12. The van der Waals surface area contributed by atoms with E-state index in [9.17, 15) is 9.90 Å². The molecule has 1 saturated heterocycles. The van der Waals surface area contributed by atoms with E-state index in [1.54, 1.807) is 35.5 Å². The van der Waals surface area contributed by atoms with E-state index in [0.717, 1.165) is 12.2 Å². The quantitative estimate of drug-likeness (QED) is 0.895. The van der Waals surface area contributed by atoms with Crippen LogP contribution in [0.1, 0.15) is 23.9 Å². The van der Waals surface area contributed by atoms with Crippen molar-refractivity contribution in [3.05, 3.63) is 60.2 Å². The maximum absolute atomic E-state index is 12.5. The number of aliphatic hydroxyl groups is 1. The highest BCUT2D eigenvalue weighted by atomic mass is 16.3. The van der Waals surface area contributed by atoms with E-state index < -0.39 is 6.10 Å². The SMILES string of the molecule is CN(Cc1ncccn1)C1CCN(C(=O)[C@@H](O)c2ccccc2)C1. The Morgan fingerprint density at radius 2 is 2.00 bits per heavy atom. The molecule has 1 amide bonds. The number of hydrogen-bond acceptors (Lipinski definition) is 5. The van der Waals surface area contributed by atoms with Crippen molar-refractivity contribution in [1.29, 1.82) is 0 Å². The molecule has 1 aromatic heterocycles. The van der Waals surface area contributed by atoms with E-state index in [0.29, 0.717) is 25.2 Å². The Kier molecular flexibility index (Phi) is 5.17. The average molecular weight is 326 g/mol. The van der Waals surface area contributed by atoms with Crippen LogP contribution in [0.2, 0.25) is 0 Å². The maximum Gasteiger partial charge on any atom is 0.256 e. The molecule has 2 aromatic rings. The molecule has 0 saturated carbocycles. The average Bonchev–Trinajstić information content (AvgIpc) is 3.12. The van der Waals surface area contributed by atoms with Crippen LogP contribution in [0.3, 0.4) is 0 Å². The molecule has 0 radical (unpaired) electrons. The number of carbonyl (C=O) groups is 1. The van der Waals surface area contributed by atoms with Gasteiger partial charge in [-0.2, -0.15) is 0 Å². The van der Waals surface area contributed by atoms with Crippen molar-refractivity contribution in [2.24, 2.45) is 0 Å². The van der Waals surface area contributed by atoms with Crippen LogP contribution < -0.4 is 0 Å². The summed E-state index contributed by atoms with van der Waals surface area (Å²) in [6, 6.07) is 11.1. The van der Waals surface area contributed by atoms with Gasteiger partial charge >= 0.3 is 0 Å². The molecule has 1 aliphatic rings. The monoisotopic (exact) mass is 326 g/mol. The van der Waals surface area contributed by atoms with Crippen molar-refractivity contribution in [3.63, 3.8) is 0 Å². The van der Waals surface area contributed by atoms with Gasteiger partial charge in [-0.05, 0) is 25.1 Å². The minimum atomic E-state index is -1.09. The number of aromatic nitrogens is 2. The second kappa shape index (κ2) is 7.51. The van der Waals surface area contributed by atoms with Crippen molar-refractivity contribution in [1.82, 2.24) is 19.8 Å². The largest absolute Gasteiger partial charge is 0.378 e. The summed E-state index contributed by atoms with van der Waals surface area (Å²) in [7, 11) is 2.02. The summed E-state index contributed by atoms with van der Waals surface area (Å²) in [5.41, 5.74) is 0.636. The van der Waals surface area contributed by atoms with Gasteiger partial charge < -0.3 is 10.0 Å². The number of amides is 1. The number of carbonyl (C=O) groups excluding carboxylic acids is 1. The lowest BCUT2D eigenvalue weighted by molar-refractivity contribution is -0.139. The molecule has 1 unspecified atom stereocenters. The van der Waals surface area contributed by atoms with Crippen LogP contribution in [-0.2, 0) is 11.3 Å². The Morgan fingerprint density at radius 3 is 2.71 bits per heavy atom.